The van der Waals surface area contributed by atoms with Gasteiger partial charge in [-0.05, 0) is 79.0 Å². The SMILES string of the molecule is Cc1cc(C2CN(C3CCN(C(=O)OC(C)(C)C)C3)C2)cc2c1O[C@H](C)c1c(N3CCS(=O)(=O)CC3)ncnc1N2C(=O)OC(C)(C)C. The van der Waals surface area contributed by atoms with E-state index in [1.165, 1.54) is 11.2 Å². The molecule has 2 atom stereocenters. The summed E-state index contributed by atoms with van der Waals surface area (Å²) in [6, 6.07) is 4.40. The fourth-order valence-electron chi connectivity index (χ4n) is 6.83. The van der Waals surface area contributed by atoms with E-state index >= 15 is 0 Å². The lowest BCUT2D eigenvalue weighted by molar-refractivity contribution is 0.0260. The van der Waals surface area contributed by atoms with Gasteiger partial charge in [0.25, 0.3) is 0 Å². The molecule has 3 fully saturated rings. The van der Waals surface area contributed by atoms with Crippen molar-refractivity contribution in [2.75, 3.05) is 60.6 Å². The smallest absolute Gasteiger partial charge is 0.420 e. The molecule has 3 saturated heterocycles. The third-order valence-corrected chi connectivity index (χ3v) is 10.8. The zero-order valence-electron chi connectivity index (χ0n) is 29.3. The minimum Gasteiger partial charge on any atom is -0.483 e. The zero-order valence-corrected chi connectivity index (χ0v) is 30.1. The number of rotatable bonds is 3. The van der Waals surface area contributed by atoms with Gasteiger partial charge in [0.1, 0.15) is 35.2 Å². The molecule has 0 radical (unpaired) electrons. The fourth-order valence-corrected chi connectivity index (χ4v) is 8.03. The average molecular weight is 685 g/mol. The van der Waals surface area contributed by atoms with Crippen LogP contribution in [0.5, 0.6) is 5.75 Å². The van der Waals surface area contributed by atoms with Crippen LogP contribution in [0, 0.1) is 6.92 Å². The number of likely N-dealkylation sites (tertiary alicyclic amines) is 2. The summed E-state index contributed by atoms with van der Waals surface area (Å²) in [5.41, 5.74) is 1.80. The molecule has 13 nitrogen and oxygen atoms in total. The van der Waals surface area contributed by atoms with Crippen LogP contribution in [0.4, 0.5) is 26.9 Å². The van der Waals surface area contributed by atoms with E-state index in [0.29, 0.717) is 41.7 Å². The van der Waals surface area contributed by atoms with Crippen LogP contribution in [0.25, 0.3) is 0 Å². The zero-order chi connectivity index (χ0) is 34.8. The average Bonchev–Trinajstić information content (AvgIpc) is 3.37. The van der Waals surface area contributed by atoms with E-state index in [2.05, 4.69) is 20.9 Å². The number of ether oxygens (including phenoxy) is 3. The molecule has 1 unspecified atom stereocenters. The first-order chi connectivity index (χ1) is 22.4. The summed E-state index contributed by atoms with van der Waals surface area (Å²) in [4.78, 5) is 43.6. The van der Waals surface area contributed by atoms with Crippen LogP contribution in [0.15, 0.2) is 18.5 Å². The molecule has 6 rings (SSSR count). The highest BCUT2D eigenvalue weighted by Gasteiger charge is 2.42. The minimum atomic E-state index is -3.12. The number of benzene rings is 1. The Morgan fingerprint density at radius 3 is 2.17 bits per heavy atom. The second kappa shape index (κ2) is 12.3. The van der Waals surface area contributed by atoms with Crippen molar-refractivity contribution in [2.24, 2.45) is 0 Å². The quantitative estimate of drug-likeness (QED) is 0.435. The van der Waals surface area contributed by atoms with Crippen molar-refractivity contribution >= 4 is 39.3 Å². The first-order valence-electron chi connectivity index (χ1n) is 16.8. The summed E-state index contributed by atoms with van der Waals surface area (Å²) in [6.07, 6.45) is 0.912. The standard InChI is InChI=1S/C34H48N6O7S/c1-21-15-23(24-17-39(18-24)25-9-10-38(19-25)31(41)46-33(3,4)5)16-26-28(21)45-22(2)27-29(37-11-13-48(43,44)14-12-37)35-20-36-30(27)40(26)32(42)47-34(6,7)8/h15-16,20,22,24-25H,9-14,17-19H2,1-8H3/t22-,25?/m1/s1. The molecule has 5 heterocycles. The van der Waals surface area contributed by atoms with Gasteiger partial charge in [-0.2, -0.15) is 0 Å². The molecular formula is C34H48N6O7S. The van der Waals surface area contributed by atoms with Crippen LogP contribution in [0.2, 0.25) is 0 Å². The highest BCUT2D eigenvalue weighted by Crippen LogP contribution is 2.49. The Kier molecular flexibility index (Phi) is 8.80. The number of hydrogen-bond acceptors (Lipinski definition) is 11. The van der Waals surface area contributed by atoms with Crippen LogP contribution in [-0.4, -0.2) is 108 Å². The molecule has 1 aromatic carbocycles. The maximum Gasteiger partial charge on any atom is 0.420 e. The number of hydrogen-bond donors (Lipinski definition) is 0. The van der Waals surface area contributed by atoms with Gasteiger partial charge < -0.3 is 24.0 Å². The lowest BCUT2D eigenvalue weighted by Crippen LogP contribution is -2.52. The molecule has 0 saturated carbocycles. The van der Waals surface area contributed by atoms with Crippen LogP contribution in [0.1, 0.15) is 83.6 Å². The Bertz CT molecular complexity index is 1680. The molecule has 4 aliphatic rings. The van der Waals surface area contributed by atoms with Crippen molar-refractivity contribution in [1.29, 1.82) is 0 Å². The molecular weight excluding hydrogens is 636 g/mol. The summed E-state index contributed by atoms with van der Waals surface area (Å²) in [6.45, 7) is 18.5. The van der Waals surface area contributed by atoms with Gasteiger partial charge in [-0.25, -0.2) is 32.9 Å². The Labute approximate surface area is 283 Å². The van der Waals surface area contributed by atoms with Crippen molar-refractivity contribution < 1.29 is 32.2 Å². The lowest BCUT2D eigenvalue weighted by atomic mass is 9.88. The molecule has 14 heteroatoms. The second-order valence-corrected chi connectivity index (χ2v) is 17.7. The highest BCUT2D eigenvalue weighted by molar-refractivity contribution is 7.91. The molecule has 0 bridgehead atoms. The van der Waals surface area contributed by atoms with Crippen LogP contribution >= 0.6 is 0 Å². The van der Waals surface area contributed by atoms with Crippen LogP contribution in [0.3, 0.4) is 0 Å². The number of fused-ring (bicyclic) bond motifs is 2. The highest BCUT2D eigenvalue weighted by atomic mass is 32.2. The van der Waals surface area contributed by atoms with Crippen molar-refractivity contribution in [3.8, 4) is 5.75 Å². The number of carbonyl (C=O) groups is 2. The van der Waals surface area contributed by atoms with Gasteiger partial charge in [-0.3, -0.25) is 4.90 Å². The lowest BCUT2D eigenvalue weighted by Gasteiger charge is -2.43. The van der Waals surface area contributed by atoms with Gasteiger partial charge in [0, 0.05) is 51.2 Å². The van der Waals surface area contributed by atoms with E-state index in [1.807, 2.05) is 66.4 Å². The number of sulfone groups is 1. The molecule has 0 N–H and O–H groups in total. The van der Waals surface area contributed by atoms with E-state index in [0.717, 1.165) is 30.6 Å². The third-order valence-electron chi connectivity index (χ3n) is 9.21. The minimum absolute atomic E-state index is 0.0256. The number of nitrogens with zero attached hydrogens (tertiary/aromatic N) is 6. The monoisotopic (exact) mass is 684 g/mol. The Morgan fingerprint density at radius 2 is 1.52 bits per heavy atom. The second-order valence-electron chi connectivity index (χ2n) is 15.4. The van der Waals surface area contributed by atoms with E-state index in [1.54, 1.807) is 4.90 Å². The van der Waals surface area contributed by atoms with Crippen LogP contribution < -0.4 is 14.5 Å². The van der Waals surface area contributed by atoms with Gasteiger partial charge in [0.05, 0.1) is 22.8 Å². The maximum atomic E-state index is 14.1. The van der Waals surface area contributed by atoms with E-state index in [9.17, 15) is 18.0 Å². The normalized spacial score (nSPS) is 23.0. The van der Waals surface area contributed by atoms with E-state index < -0.39 is 33.2 Å². The van der Waals surface area contributed by atoms with Gasteiger partial charge in [0.2, 0.25) is 0 Å². The molecule has 0 spiro atoms. The number of aromatic nitrogens is 2. The topological polar surface area (TPSA) is 135 Å². The van der Waals surface area contributed by atoms with E-state index in [-0.39, 0.29) is 42.6 Å². The summed E-state index contributed by atoms with van der Waals surface area (Å²) >= 11 is 0. The molecule has 0 aliphatic carbocycles. The van der Waals surface area contributed by atoms with Crippen molar-refractivity contribution in [3.05, 3.63) is 35.2 Å². The summed E-state index contributed by atoms with van der Waals surface area (Å²) in [5, 5.41) is 0. The predicted molar refractivity (Wildman–Crippen MR) is 182 cm³/mol. The fraction of sp³-hybridized carbons (Fsp3) is 0.647. The third kappa shape index (κ3) is 7.05. The maximum absolute atomic E-state index is 14.1. The molecule has 262 valence electrons. The first-order valence-corrected chi connectivity index (χ1v) is 18.6. The molecule has 4 aliphatic heterocycles. The first kappa shape index (κ1) is 34.2. The Balaban J connectivity index is 1.30. The summed E-state index contributed by atoms with van der Waals surface area (Å²) in [5.74, 6) is 1.74. The van der Waals surface area contributed by atoms with Gasteiger partial charge in [-0.15, -0.1) is 0 Å². The van der Waals surface area contributed by atoms with Gasteiger partial charge >= 0.3 is 12.2 Å². The number of amides is 2. The molecule has 2 aromatic rings. The van der Waals surface area contributed by atoms with Gasteiger partial charge in [-0.1, -0.05) is 6.07 Å². The largest absolute Gasteiger partial charge is 0.483 e. The van der Waals surface area contributed by atoms with Gasteiger partial charge in [0.15, 0.2) is 15.7 Å². The van der Waals surface area contributed by atoms with E-state index in [4.69, 9.17) is 14.2 Å². The van der Waals surface area contributed by atoms with Crippen molar-refractivity contribution in [2.45, 2.75) is 91.1 Å². The van der Waals surface area contributed by atoms with Crippen molar-refractivity contribution in [1.82, 2.24) is 19.8 Å². The Hall–Kier alpha value is -3.65. The molecule has 2 amide bonds. The molecule has 48 heavy (non-hydrogen) atoms. The summed E-state index contributed by atoms with van der Waals surface area (Å²) in [7, 11) is -3.12. The van der Waals surface area contributed by atoms with Crippen LogP contribution in [-0.2, 0) is 19.3 Å². The molecule has 1 aromatic heterocycles. The Morgan fingerprint density at radius 1 is 0.896 bits per heavy atom. The number of anilines is 3. The van der Waals surface area contributed by atoms with Crippen molar-refractivity contribution in [3.63, 3.8) is 0 Å². The predicted octanol–water partition coefficient (Wildman–Crippen LogP) is 4.96. The summed E-state index contributed by atoms with van der Waals surface area (Å²) < 4.78 is 42.6. The number of aryl methyl sites for hydroxylation is 1. The number of carbonyl (C=O) groups excluding carboxylic acids is 2.